The van der Waals surface area contributed by atoms with Gasteiger partial charge in [0.1, 0.15) is 11.2 Å². The number of carbonyl (C=O) groups excluding carboxylic acids is 2. The van der Waals surface area contributed by atoms with Crippen LogP contribution in [0.4, 0.5) is 0 Å². The van der Waals surface area contributed by atoms with Gasteiger partial charge in [-0.05, 0) is 59.6 Å². The molecule has 0 aliphatic rings. The van der Waals surface area contributed by atoms with E-state index < -0.39 is 10.5 Å². The Kier molecular flexibility index (Phi) is 3.27. The summed E-state index contributed by atoms with van der Waals surface area (Å²) in [5.74, 6) is 0. The van der Waals surface area contributed by atoms with E-state index in [-0.39, 0.29) is 27.3 Å². The van der Waals surface area contributed by atoms with Gasteiger partial charge in [0, 0.05) is 11.1 Å². The largest absolute Gasteiger partial charge is 0.456 e. The smallest absolute Gasteiger partial charge is 0.252 e. The molecule has 1 aromatic heterocycles. The number of fused-ring (bicyclic) bond motifs is 2. The van der Waals surface area contributed by atoms with Crippen LogP contribution in [0.15, 0.2) is 45.6 Å². The van der Waals surface area contributed by atoms with Crippen LogP contribution in [-0.2, 0) is 0 Å². The Labute approximate surface area is 127 Å². The summed E-state index contributed by atoms with van der Waals surface area (Å²) < 4.78 is 5.59. The first-order valence-corrected chi connectivity index (χ1v) is 6.63. The van der Waals surface area contributed by atoms with Gasteiger partial charge in [-0.25, -0.2) is 0 Å². The van der Waals surface area contributed by atoms with E-state index in [2.05, 4.69) is 0 Å². The van der Waals surface area contributed by atoms with Crippen LogP contribution in [0.2, 0.25) is 0 Å². The summed E-state index contributed by atoms with van der Waals surface area (Å²) >= 11 is 10.8. The fraction of sp³-hybridized carbons (Fsp3) is 0. The monoisotopic (exact) mass is 320 g/mol. The topological polar surface area (TPSA) is 64.3 Å². The summed E-state index contributed by atoms with van der Waals surface area (Å²) in [4.78, 5) is 34.8. The second-order valence-electron chi connectivity index (χ2n) is 4.40. The fourth-order valence-corrected chi connectivity index (χ4v) is 2.34. The Bertz CT molecular complexity index is 897. The van der Waals surface area contributed by atoms with Crippen molar-refractivity contribution in [2.24, 2.45) is 0 Å². The first-order chi connectivity index (χ1) is 9.97. The zero-order chi connectivity index (χ0) is 15.1. The molecule has 0 aliphatic heterocycles. The van der Waals surface area contributed by atoms with Gasteiger partial charge in [-0.3, -0.25) is 14.4 Å². The molecule has 2 aromatic carbocycles. The third kappa shape index (κ3) is 2.33. The van der Waals surface area contributed by atoms with Crippen molar-refractivity contribution in [1.29, 1.82) is 0 Å². The van der Waals surface area contributed by atoms with Crippen molar-refractivity contribution in [3.63, 3.8) is 0 Å². The van der Waals surface area contributed by atoms with Gasteiger partial charge in [0.2, 0.25) is 5.43 Å². The molecule has 0 saturated carbocycles. The van der Waals surface area contributed by atoms with Crippen molar-refractivity contribution >= 4 is 55.6 Å². The van der Waals surface area contributed by atoms with E-state index in [4.69, 9.17) is 27.6 Å². The van der Waals surface area contributed by atoms with Gasteiger partial charge in [0.05, 0.1) is 10.8 Å². The molecule has 0 N–H and O–H groups in total. The molecule has 0 aliphatic carbocycles. The van der Waals surface area contributed by atoms with Crippen molar-refractivity contribution in [3.05, 3.63) is 57.7 Å². The highest BCUT2D eigenvalue weighted by atomic mass is 35.5. The number of halogens is 2. The lowest BCUT2D eigenvalue weighted by molar-refractivity contribution is 0.107. The summed E-state index contributed by atoms with van der Waals surface area (Å²) in [5.41, 5.74) is 0.699. The highest BCUT2D eigenvalue weighted by Crippen LogP contribution is 2.21. The van der Waals surface area contributed by atoms with Crippen molar-refractivity contribution in [2.45, 2.75) is 0 Å². The minimum Gasteiger partial charge on any atom is -0.456 e. The van der Waals surface area contributed by atoms with Crippen LogP contribution >= 0.6 is 23.2 Å². The second kappa shape index (κ2) is 4.98. The molecule has 0 spiro atoms. The molecule has 0 fully saturated rings. The van der Waals surface area contributed by atoms with E-state index in [1.807, 2.05) is 0 Å². The minimum atomic E-state index is -0.666. The summed E-state index contributed by atoms with van der Waals surface area (Å²) in [7, 11) is 0. The molecule has 4 nitrogen and oxygen atoms in total. The highest BCUT2D eigenvalue weighted by Gasteiger charge is 2.12. The van der Waals surface area contributed by atoms with Crippen LogP contribution in [0.5, 0.6) is 0 Å². The van der Waals surface area contributed by atoms with Gasteiger partial charge < -0.3 is 4.42 Å². The quantitative estimate of drug-likeness (QED) is 0.533. The maximum Gasteiger partial charge on any atom is 0.252 e. The van der Waals surface area contributed by atoms with Gasteiger partial charge in [0.15, 0.2) is 0 Å². The molecule has 21 heavy (non-hydrogen) atoms. The van der Waals surface area contributed by atoms with E-state index in [0.29, 0.717) is 11.2 Å². The number of carbonyl (C=O) groups is 2. The lowest BCUT2D eigenvalue weighted by Gasteiger charge is -2.03. The van der Waals surface area contributed by atoms with Crippen molar-refractivity contribution < 1.29 is 14.0 Å². The first-order valence-electron chi connectivity index (χ1n) is 5.87. The minimum absolute atomic E-state index is 0.195. The summed E-state index contributed by atoms with van der Waals surface area (Å²) in [6, 6.07) is 8.70. The number of hydrogen-bond acceptors (Lipinski definition) is 4. The van der Waals surface area contributed by atoms with E-state index >= 15 is 0 Å². The molecule has 0 radical (unpaired) electrons. The predicted octanol–water partition coefficient (Wildman–Crippen LogP) is 3.70. The van der Waals surface area contributed by atoms with Crippen LogP contribution < -0.4 is 5.43 Å². The molecule has 0 saturated heterocycles. The van der Waals surface area contributed by atoms with Crippen LogP contribution in [-0.4, -0.2) is 10.5 Å². The highest BCUT2D eigenvalue weighted by molar-refractivity contribution is 6.68. The fourth-order valence-electron chi connectivity index (χ4n) is 2.10. The molecule has 0 atom stereocenters. The molecule has 0 amide bonds. The first kappa shape index (κ1) is 13.8. The predicted molar refractivity (Wildman–Crippen MR) is 80.4 cm³/mol. The Morgan fingerprint density at radius 2 is 1.24 bits per heavy atom. The second-order valence-corrected chi connectivity index (χ2v) is 5.09. The molecule has 3 aromatic rings. The Balaban J connectivity index is 2.42. The van der Waals surface area contributed by atoms with E-state index in [1.54, 1.807) is 0 Å². The number of hydrogen-bond donors (Lipinski definition) is 0. The van der Waals surface area contributed by atoms with E-state index in [0.717, 1.165) is 0 Å². The third-order valence-corrected chi connectivity index (χ3v) is 3.56. The normalized spacial score (nSPS) is 11.0. The van der Waals surface area contributed by atoms with Gasteiger partial charge in [0.25, 0.3) is 10.5 Å². The Morgan fingerprint density at radius 1 is 0.810 bits per heavy atom. The zero-order valence-electron chi connectivity index (χ0n) is 10.4. The summed E-state index contributed by atoms with van der Waals surface area (Å²) in [6.07, 6.45) is 0. The number of benzene rings is 2. The van der Waals surface area contributed by atoms with Crippen LogP contribution in [0.3, 0.4) is 0 Å². The summed E-state index contributed by atoms with van der Waals surface area (Å²) in [6.45, 7) is 0. The van der Waals surface area contributed by atoms with Crippen LogP contribution in [0, 0.1) is 0 Å². The lowest BCUT2D eigenvalue weighted by atomic mass is 10.1. The van der Waals surface area contributed by atoms with E-state index in [1.165, 1.54) is 36.4 Å². The average Bonchev–Trinajstić information content (AvgIpc) is 2.46. The van der Waals surface area contributed by atoms with Crippen LogP contribution in [0.25, 0.3) is 21.9 Å². The van der Waals surface area contributed by atoms with Crippen LogP contribution in [0.1, 0.15) is 20.7 Å². The van der Waals surface area contributed by atoms with Gasteiger partial charge >= 0.3 is 0 Å². The third-order valence-electron chi connectivity index (χ3n) is 3.12. The molecule has 6 heteroatoms. The van der Waals surface area contributed by atoms with Crippen molar-refractivity contribution in [3.8, 4) is 0 Å². The molecular formula is C15H6Cl2O4. The van der Waals surface area contributed by atoms with Crippen molar-refractivity contribution in [1.82, 2.24) is 0 Å². The average molecular weight is 321 g/mol. The SMILES string of the molecule is O=C(Cl)c1ccc2oc3ccc(C(=O)Cl)cc3c(=O)c2c1. The van der Waals surface area contributed by atoms with E-state index in [9.17, 15) is 14.4 Å². The lowest BCUT2D eigenvalue weighted by Crippen LogP contribution is -2.04. The molecule has 3 rings (SSSR count). The maximum absolute atomic E-state index is 12.5. The molecule has 1 heterocycles. The van der Waals surface area contributed by atoms with Crippen molar-refractivity contribution in [2.75, 3.05) is 0 Å². The zero-order valence-corrected chi connectivity index (χ0v) is 11.9. The van der Waals surface area contributed by atoms with Gasteiger partial charge in [-0.1, -0.05) is 0 Å². The van der Waals surface area contributed by atoms with Gasteiger partial charge in [-0.15, -0.1) is 0 Å². The van der Waals surface area contributed by atoms with Gasteiger partial charge in [-0.2, -0.15) is 0 Å². The number of rotatable bonds is 2. The standard InChI is InChI=1S/C15H6Cl2O4/c16-14(19)7-1-3-11-9(5-7)13(18)10-6-8(15(17)20)2-4-12(10)21-11/h1-6H. The Morgan fingerprint density at radius 3 is 1.62 bits per heavy atom. The maximum atomic E-state index is 12.5. The Hall–Kier alpha value is -2.17. The summed E-state index contributed by atoms with van der Waals surface area (Å²) in [5, 5.41) is -0.900. The molecule has 0 bridgehead atoms. The molecule has 104 valence electrons. The molecule has 0 unspecified atom stereocenters. The molecular weight excluding hydrogens is 315 g/mol.